The number of aliphatic hydroxyl groups is 2. The van der Waals surface area contributed by atoms with Crippen molar-refractivity contribution in [3.63, 3.8) is 0 Å². The zero-order valence-corrected chi connectivity index (χ0v) is 26.7. The van der Waals surface area contributed by atoms with Gasteiger partial charge in [-0.3, -0.25) is 9.79 Å². The van der Waals surface area contributed by atoms with Crippen molar-refractivity contribution in [1.82, 2.24) is 5.32 Å². The Morgan fingerprint density at radius 3 is 2.66 bits per heavy atom. The lowest BCUT2D eigenvalue weighted by Gasteiger charge is -2.62. The largest absolute Gasteiger partial charge is 0.396 e. The fourth-order valence-electron chi connectivity index (χ4n) is 12.2. The highest BCUT2D eigenvalue weighted by atomic mass is 33.1. The van der Waals surface area contributed by atoms with Crippen LogP contribution in [0.15, 0.2) is 16.1 Å². The zero-order chi connectivity index (χ0) is 28.5. The predicted octanol–water partition coefficient (Wildman–Crippen LogP) is 5.76. The fourth-order valence-corrected chi connectivity index (χ4v) is 16.0. The second-order valence-corrected chi connectivity index (χ2v) is 17.9. The van der Waals surface area contributed by atoms with Gasteiger partial charge in [0.25, 0.3) is 0 Å². The van der Waals surface area contributed by atoms with Crippen LogP contribution in [0.2, 0.25) is 0 Å². The Bertz CT molecular complexity index is 1140. The van der Waals surface area contributed by atoms with Crippen LogP contribution in [0.4, 0.5) is 0 Å². The summed E-state index contributed by atoms with van der Waals surface area (Å²) in [5.74, 6) is 3.45. The molecular weight excluding hydrogens is 551 g/mol. The number of ketones is 1. The molecule has 7 unspecified atom stereocenters. The van der Waals surface area contributed by atoms with Gasteiger partial charge in [-0.15, -0.1) is 0 Å². The molecule has 0 amide bonds. The Morgan fingerprint density at radius 2 is 1.90 bits per heavy atom. The van der Waals surface area contributed by atoms with Crippen LogP contribution in [-0.4, -0.2) is 57.8 Å². The summed E-state index contributed by atoms with van der Waals surface area (Å²) in [6.45, 7) is 3.76. The van der Waals surface area contributed by atoms with Crippen LogP contribution in [0.3, 0.4) is 0 Å². The molecule has 41 heavy (non-hydrogen) atoms. The average molecular weight is 602 g/mol. The van der Waals surface area contributed by atoms with Crippen molar-refractivity contribution < 1.29 is 15.0 Å². The number of aliphatic imine (C=N–C) groups is 1. The number of guanidine groups is 1. The quantitative estimate of drug-likeness (QED) is 0.303. The molecule has 7 aliphatic rings. The molecule has 0 aromatic heterocycles. The molecule has 4 saturated carbocycles. The second-order valence-electron chi connectivity index (χ2n) is 15.1. The molecule has 4 fully saturated rings. The van der Waals surface area contributed by atoms with E-state index in [0.29, 0.717) is 30.0 Å². The molecule has 0 aromatic carbocycles. The highest BCUT2D eigenvalue weighted by Gasteiger charge is 2.77. The highest BCUT2D eigenvalue weighted by molar-refractivity contribution is 8.77. The number of carbonyl (C=O) groups excluding carboxylic acids is 1. The van der Waals surface area contributed by atoms with E-state index in [1.165, 1.54) is 37.7 Å². The van der Waals surface area contributed by atoms with E-state index >= 15 is 0 Å². The van der Waals surface area contributed by atoms with Crippen LogP contribution in [0, 0.1) is 34.0 Å². The number of rotatable bonds is 4. The maximum atomic E-state index is 14.2. The maximum absolute atomic E-state index is 14.2. The van der Waals surface area contributed by atoms with Gasteiger partial charge in [-0.05, 0) is 111 Å². The van der Waals surface area contributed by atoms with E-state index in [9.17, 15) is 15.0 Å². The summed E-state index contributed by atoms with van der Waals surface area (Å²) in [6.07, 6.45) is 17.0. The molecule has 6 bridgehead atoms. The number of allylic oxidation sites excluding steroid dienone is 2. The molecule has 0 aromatic rings. The Balaban J connectivity index is 1.33. The van der Waals surface area contributed by atoms with E-state index in [4.69, 9.17) is 5.73 Å². The summed E-state index contributed by atoms with van der Waals surface area (Å²) >= 11 is 0. The summed E-state index contributed by atoms with van der Waals surface area (Å²) in [7, 11) is 4.27. The van der Waals surface area contributed by atoms with Gasteiger partial charge in [0.1, 0.15) is 0 Å². The van der Waals surface area contributed by atoms with E-state index in [2.05, 4.69) is 38.8 Å². The standard InChI is InChI=1S/C33H51N3O3S2/c1-29-15-18-40-41-32(11-3-2-4-12-32)31(14-16-35-28(34)36-31)10-5-7-23-25(39)20-33(29)26(8-6-17-37)30(21-38)13-9-22(27(23)33)24(29)19-30/h22,24,26,37-38H,2-21H2,1H3,(H3,34,35,36). The van der Waals surface area contributed by atoms with Crippen LogP contribution in [0.1, 0.15) is 110 Å². The van der Waals surface area contributed by atoms with Gasteiger partial charge < -0.3 is 21.3 Å². The Labute approximate surface area is 254 Å². The molecule has 3 spiro atoms. The van der Waals surface area contributed by atoms with Crippen LogP contribution in [0.25, 0.3) is 0 Å². The van der Waals surface area contributed by atoms with Gasteiger partial charge in [-0.2, -0.15) is 0 Å². The maximum Gasteiger partial charge on any atom is 0.189 e. The molecule has 8 heteroatoms. The molecule has 5 N–H and O–H groups in total. The van der Waals surface area contributed by atoms with Gasteiger partial charge in [0.05, 0.1) is 5.54 Å². The number of hydrogen-bond acceptors (Lipinski definition) is 8. The summed E-state index contributed by atoms with van der Waals surface area (Å²) in [5, 5.41) is 24.7. The summed E-state index contributed by atoms with van der Waals surface area (Å²) in [6, 6.07) is 0. The predicted molar refractivity (Wildman–Crippen MR) is 169 cm³/mol. The van der Waals surface area contributed by atoms with E-state index < -0.39 is 0 Å². The lowest BCUT2D eigenvalue weighted by atomic mass is 9.41. The smallest absolute Gasteiger partial charge is 0.189 e. The third-order valence-corrected chi connectivity index (χ3v) is 17.2. The molecule has 6 nitrogen and oxygen atoms in total. The molecular formula is C33H51N3O3S2. The van der Waals surface area contributed by atoms with E-state index in [1.807, 2.05) is 0 Å². The highest BCUT2D eigenvalue weighted by Crippen LogP contribution is 2.82. The minimum Gasteiger partial charge on any atom is -0.396 e. The van der Waals surface area contributed by atoms with Crippen LogP contribution in [0.5, 0.6) is 0 Å². The first-order valence-corrected chi connectivity index (χ1v) is 19.0. The van der Waals surface area contributed by atoms with Crippen molar-refractivity contribution in [2.24, 2.45) is 44.7 Å². The van der Waals surface area contributed by atoms with E-state index in [1.54, 1.807) is 5.57 Å². The number of Topliss-reactive ketones (excluding diaryl/α,β-unsaturated/α-hetero) is 1. The van der Waals surface area contributed by atoms with Crippen molar-refractivity contribution in [3.05, 3.63) is 11.1 Å². The lowest BCUT2D eigenvalue weighted by molar-refractivity contribution is -0.161. The fraction of sp³-hybridized carbons (Fsp3) is 0.879. The van der Waals surface area contributed by atoms with Gasteiger partial charge in [-0.1, -0.05) is 53.3 Å². The van der Waals surface area contributed by atoms with Crippen molar-refractivity contribution in [2.45, 2.75) is 120 Å². The monoisotopic (exact) mass is 601 g/mol. The van der Waals surface area contributed by atoms with Gasteiger partial charge in [-0.25, -0.2) is 0 Å². The molecule has 5 aliphatic carbocycles. The van der Waals surface area contributed by atoms with E-state index in [0.717, 1.165) is 76.5 Å². The first kappa shape index (κ1) is 29.0. The minimum atomic E-state index is -0.138. The molecule has 2 heterocycles. The number of fused-ring (bicyclic) bond motifs is 2. The molecule has 2 aliphatic heterocycles. The molecule has 7 rings (SSSR count). The number of carbonyl (C=O) groups is 1. The van der Waals surface area contributed by atoms with Crippen molar-refractivity contribution >= 4 is 33.3 Å². The van der Waals surface area contributed by atoms with Crippen LogP contribution in [-0.2, 0) is 4.79 Å². The van der Waals surface area contributed by atoms with Gasteiger partial charge in [0.15, 0.2) is 11.7 Å². The number of nitrogens with one attached hydrogen (secondary N) is 1. The topological polar surface area (TPSA) is 108 Å². The Hall–Kier alpha value is -0.700. The second kappa shape index (κ2) is 10.4. The van der Waals surface area contributed by atoms with Crippen molar-refractivity contribution in [2.75, 3.05) is 25.5 Å². The number of nitrogens with zero attached hydrogens (tertiary/aromatic N) is 1. The van der Waals surface area contributed by atoms with Gasteiger partial charge in [0.2, 0.25) is 0 Å². The third kappa shape index (κ3) is 3.91. The van der Waals surface area contributed by atoms with Crippen LogP contribution >= 0.6 is 21.6 Å². The number of hydrogen-bond donors (Lipinski definition) is 4. The zero-order valence-electron chi connectivity index (χ0n) is 25.0. The molecule has 228 valence electrons. The first-order chi connectivity index (χ1) is 19.8. The summed E-state index contributed by atoms with van der Waals surface area (Å²) in [4.78, 5) is 18.8. The Kier molecular flexibility index (Phi) is 7.40. The Morgan fingerprint density at radius 1 is 1.07 bits per heavy atom. The molecule has 0 radical (unpaired) electrons. The normalized spacial score (nSPS) is 45.3. The van der Waals surface area contributed by atoms with Crippen LogP contribution < -0.4 is 11.1 Å². The summed E-state index contributed by atoms with van der Waals surface area (Å²) < 4.78 is 0.142. The SMILES string of the molecule is CC12CCSSC3(CCCCC3)C3(CCCC4=C5C6CCC(CO)(CC61)C(CCCO)C52CC4=O)CCN=C(N)N3. The molecule has 7 atom stereocenters. The van der Waals surface area contributed by atoms with Crippen molar-refractivity contribution in [1.29, 1.82) is 0 Å². The van der Waals surface area contributed by atoms with Crippen molar-refractivity contribution in [3.8, 4) is 0 Å². The molecule has 0 saturated heterocycles. The summed E-state index contributed by atoms with van der Waals surface area (Å²) in [5.41, 5.74) is 8.91. The number of aliphatic hydroxyl groups excluding tert-OH is 2. The minimum absolute atomic E-state index is 0.0720. The first-order valence-electron chi connectivity index (χ1n) is 16.7. The van der Waals surface area contributed by atoms with Gasteiger partial charge >= 0.3 is 0 Å². The number of nitrogens with two attached hydrogens (primary N) is 1. The van der Waals surface area contributed by atoms with E-state index in [-0.39, 0.29) is 45.7 Å². The van der Waals surface area contributed by atoms with Gasteiger partial charge in [0, 0.05) is 42.1 Å². The lowest BCUT2D eigenvalue weighted by Crippen LogP contribution is -2.66. The average Bonchev–Trinajstić information content (AvgIpc) is 3.28. The third-order valence-electron chi connectivity index (χ3n) is 13.8.